The van der Waals surface area contributed by atoms with Crippen LogP contribution in [0.1, 0.15) is 37.1 Å². The number of fused-ring (bicyclic) bond motifs is 1. The molecule has 3 rings (SSSR count). The Morgan fingerprint density at radius 3 is 2.43 bits per heavy atom. The second kappa shape index (κ2) is 9.33. The maximum Gasteiger partial charge on any atom is 0.490 e. The zero-order chi connectivity index (χ0) is 22.7. The number of carbonyl (C=O) groups is 2. The first-order valence-corrected chi connectivity index (χ1v) is 11.2. The Hall–Kier alpha value is -2.15. The first-order valence-electron chi connectivity index (χ1n) is 9.37. The highest BCUT2D eigenvalue weighted by Crippen LogP contribution is 2.29. The van der Waals surface area contributed by atoms with Crippen molar-refractivity contribution in [3.8, 4) is 0 Å². The Morgan fingerprint density at radius 2 is 1.93 bits per heavy atom. The van der Waals surface area contributed by atoms with Crippen LogP contribution in [-0.2, 0) is 33.0 Å². The van der Waals surface area contributed by atoms with E-state index in [-0.39, 0.29) is 23.3 Å². The molecule has 0 saturated heterocycles. The van der Waals surface area contributed by atoms with Crippen molar-refractivity contribution in [2.75, 3.05) is 24.6 Å². The van der Waals surface area contributed by atoms with E-state index >= 15 is 0 Å². The number of sulfone groups is 1. The Kier molecular flexibility index (Phi) is 7.50. The lowest BCUT2D eigenvalue weighted by atomic mass is 9.97. The highest BCUT2D eigenvalue weighted by molar-refractivity contribution is 7.91. The van der Waals surface area contributed by atoms with E-state index in [9.17, 15) is 26.4 Å². The van der Waals surface area contributed by atoms with E-state index < -0.39 is 22.0 Å². The van der Waals surface area contributed by atoms with E-state index in [1.165, 1.54) is 0 Å². The van der Waals surface area contributed by atoms with Gasteiger partial charge in [0.05, 0.1) is 29.4 Å². The van der Waals surface area contributed by atoms with Gasteiger partial charge < -0.3 is 15.0 Å². The average molecular weight is 454 g/mol. The minimum absolute atomic E-state index is 0.0281. The van der Waals surface area contributed by atoms with Gasteiger partial charge in [-0.1, -0.05) is 6.92 Å². The SMILES string of the molecule is CCS(=O)(=O)CCN1Cc2ncn(C)c2C(C(=O)NC2CC2)C1.O=C(O)C(F)(F)F. The number of halogens is 3. The quantitative estimate of drug-likeness (QED) is 0.648. The summed E-state index contributed by atoms with van der Waals surface area (Å²) < 4.78 is 57.1. The van der Waals surface area contributed by atoms with Gasteiger partial charge in [-0.3, -0.25) is 9.69 Å². The van der Waals surface area contributed by atoms with Crippen LogP contribution in [0.5, 0.6) is 0 Å². The van der Waals surface area contributed by atoms with Gasteiger partial charge in [0.15, 0.2) is 9.84 Å². The maximum atomic E-state index is 12.6. The summed E-state index contributed by atoms with van der Waals surface area (Å²) in [7, 11) is -1.10. The molecule has 1 unspecified atom stereocenters. The minimum atomic E-state index is -5.08. The lowest BCUT2D eigenvalue weighted by Crippen LogP contribution is -2.44. The molecular formula is C17H25F3N4O5S. The zero-order valence-corrected chi connectivity index (χ0v) is 17.5. The van der Waals surface area contributed by atoms with E-state index in [0.29, 0.717) is 25.7 Å². The number of carboxylic acid groups (broad SMARTS) is 1. The zero-order valence-electron chi connectivity index (χ0n) is 16.6. The summed E-state index contributed by atoms with van der Waals surface area (Å²) in [5.74, 6) is -2.73. The van der Waals surface area contributed by atoms with Crippen LogP contribution in [0.15, 0.2) is 6.33 Å². The minimum Gasteiger partial charge on any atom is -0.475 e. The molecule has 1 saturated carbocycles. The monoisotopic (exact) mass is 454 g/mol. The highest BCUT2D eigenvalue weighted by Gasteiger charge is 2.38. The number of nitrogens with zero attached hydrogens (tertiary/aromatic N) is 3. The number of rotatable bonds is 6. The van der Waals surface area contributed by atoms with E-state index in [4.69, 9.17) is 9.90 Å². The molecule has 2 aliphatic rings. The number of aryl methyl sites for hydroxylation is 1. The first kappa shape index (κ1) is 24.1. The molecule has 170 valence electrons. The topological polar surface area (TPSA) is 122 Å². The summed E-state index contributed by atoms with van der Waals surface area (Å²) in [5.41, 5.74) is 1.83. The van der Waals surface area contributed by atoms with E-state index in [1.807, 2.05) is 16.5 Å². The predicted octanol–water partition coefficient (Wildman–Crippen LogP) is 0.666. The molecule has 1 aliphatic heterocycles. The molecule has 1 aliphatic carbocycles. The fourth-order valence-electron chi connectivity index (χ4n) is 3.00. The van der Waals surface area contributed by atoms with Crippen LogP contribution in [0.3, 0.4) is 0 Å². The summed E-state index contributed by atoms with van der Waals surface area (Å²) in [6, 6.07) is 0.315. The fourth-order valence-corrected chi connectivity index (χ4v) is 3.82. The molecule has 2 N–H and O–H groups in total. The molecule has 13 heteroatoms. The van der Waals surface area contributed by atoms with Crippen molar-refractivity contribution < 1.29 is 36.3 Å². The van der Waals surface area contributed by atoms with Gasteiger partial charge in [0.2, 0.25) is 5.91 Å². The normalized spacial score (nSPS) is 19.4. The molecule has 1 amide bonds. The molecule has 0 spiro atoms. The second-order valence-electron chi connectivity index (χ2n) is 7.30. The van der Waals surface area contributed by atoms with Crippen molar-refractivity contribution in [3.05, 3.63) is 17.7 Å². The number of hydrogen-bond acceptors (Lipinski definition) is 6. The Balaban J connectivity index is 0.000000396. The molecule has 1 fully saturated rings. The van der Waals surface area contributed by atoms with Crippen LogP contribution in [0.4, 0.5) is 13.2 Å². The van der Waals surface area contributed by atoms with Crippen LogP contribution >= 0.6 is 0 Å². The van der Waals surface area contributed by atoms with E-state index in [1.54, 1.807) is 13.3 Å². The smallest absolute Gasteiger partial charge is 0.475 e. The van der Waals surface area contributed by atoms with E-state index in [2.05, 4.69) is 10.3 Å². The fraction of sp³-hybridized carbons (Fsp3) is 0.706. The summed E-state index contributed by atoms with van der Waals surface area (Å²) >= 11 is 0. The van der Waals surface area contributed by atoms with Crippen LogP contribution in [-0.4, -0.2) is 76.7 Å². The Bertz CT molecular complexity index is 880. The molecule has 1 aromatic rings. The van der Waals surface area contributed by atoms with Crippen LogP contribution in [0.2, 0.25) is 0 Å². The maximum absolute atomic E-state index is 12.6. The van der Waals surface area contributed by atoms with Gasteiger partial charge in [-0.2, -0.15) is 13.2 Å². The molecule has 1 aromatic heterocycles. The molecular weight excluding hydrogens is 429 g/mol. The second-order valence-corrected chi connectivity index (χ2v) is 9.77. The number of carboxylic acids is 1. The van der Waals surface area contributed by atoms with Gasteiger partial charge in [0.25, 0.3) is 0 Å². The number of aromatic nitrogens is 2. The average Bonchev–Trinajstić information content (AvgIpc) is 3.40. The molecule has 0 radical (unpaired) electrons. The summed E-state index contributed by atoms with van der Waals surface area (Å²) in [5, 5.41) is 10.2. The third-order valence-electron chi connectivity index (χ3n) is 4.85. The summed E-state index contributed by atoms with van der Waals surface area (Å²) in [6.07, 6.45) is -1.25. The molecule has 2 heterocycles. The van der Waals surface area contributed by atoms with Crippen molar-refractivity contribution in [1.82, 2.24) is 19.8 Å². The number of alkyl halides is 3. The number of carbonyl (C=O) groups excluding carboxylic acids is 1. The summed E-state index contributed by atoms with van der Waals surface area (Å²) in [6.45, 7) is 3.25. The van der Waals surface area contributed by atoms with Gasteiger partial charge in [-0.05, 0) is 12.8 Å². The third-order valence-corrected chi connectivity index (χ3v) is 6.53. The van der Waals surface area contributed by atoms with Crippen molar-refractivity contribution >= 4 is 21.7 Å². The molecule has 0 aromatic carbocycles. The van der Waals surface area contributed by atoms with Gasteiger partial charge in [-0.15, -0.1) is 0 Å². The molecule has 0 bridgehead atoms. The number of amides is 1. The van der Waals surface area contributed by atoms with Crippen LogP contribution in [0.25, 0.3) is 0 Å². The number of hydrogen-bond donors (Lipinski definition) is 2. The van der Waals surface area contributed by atoms with Gasteiger partial charge >= 0.3 is 12.1 Å². The van der Waals surface area contributed by atoms with Crippen LogP contribution in [0, 0.1) is 0 Å². The molecule has 9 nitrogen and oxygen atoms in total. The highest BCUT2D eigenvalue weighted by atomic mass is 32.2. The van der Waals surface area contributed by atoms with Gasteiger partial charge in [0, 0.05) is 38.5 Å². The van der Waals surface area contributed by atoms with Crippen molar-refractivity contribution in [2.45, 2.75) is 44.4 Å². The Labute approximate surface area is 172 Å². The largest absolute Gasteiger partial charge is 0.490 e. The lowest BCUT2D eigenvalue weighted by Gasteiger charge is -2.32. The van der Waals surface area contributed by atoms with Crippen molar-refractivity contribution in [1.29, 1.82) is 0 Å². The third kappa shape index (κ3) is 6.69. The standard InChI is InChI=1S/C15H24N4O3S.C2HF3O2/c1-3-23(21,22)7-6-19-8-12(15(20)17-11-4-5-11)14-13(9-19)16-10-18(14)2;3-2(4,5)1(6)7/h10-12H,3-9H2,1-2H3,(H,17,20);(H,6,7). The van der Waals surface area contributed by atoms with E-state index in [0.717, 1.165) is 24.2 Å². The van der Waals surface area contributed by atoms with Crippen LogP contribution < -0.4 is 5.32 Å². The van der Waals surface area contributed by atoms with Crippen molar-refractivity contribution in [2.24, 2.45) is 7.05 Å². The number of aliphatic carboxylic acids is 1. The van der Waals surface area contributed by atoms with Gasteiger partial charge in [0.1, 0.15) is 0 Å². The number of imidazole rings is 1. The number of nitrogens with one attached hydrogen (secondary N) is 1. The Morgan fingerprint density at radius 1 is 1.33 bits per heavy atom. The van der Waals surface area contributed by atoms with Crippen molar-refractivity contribution in [3.63, 3.8) is 0 Å². The lowest BCUT2D eigenvalue weighted by molar-refractivity contribution is -0.192. The molecule has 30 heavy (non-hydrogen) atoms. The first-order chi connectivity index (χ1) is 13.8. The summed E-state index contributed by atoms with van der Waals surface area (Å²) in [4.78, 5) is 27.9. The predicted molar refractivity (Wildman–Crippen MR) is 100 cm³/mol. The molecule has 1 atom stereocenters. The van der Waals surface area contributed by atoms with Gasteiger partial charge in [-0.25, -0.2) is 18.2 Å².